The van der Waals surface area contributed by atoms with Crippen molar-refractivity contribution in [2.45, 2.75) is 70.9 Å². The third kappa shape index (κ3) is 2.86. The summed E-state index contributed by atoms with van der Waals surface area (Å²) in [6, 6.07) is 9.04. The van der Waals surface area contributed by atoms with E-state index in [2.05, 4.69) is 49.9 Å². The Kier molecular flexibility index (Phi) is 3.81. The van der Waals surface area contributed by atoms with Crippen molar-refractivity contribution in [3.63, 3.8) is 0 Å². The van der Waals surface area contributed by atoms with Crippen molar-refractivity contribution < 1.29 is 4.79 Å². The second kappa shape index (κ2) is 5.47. The summed E-state index contributed by atoms with van der Waals surface area (Å²) < 4.78 is 0. The Morgan fingerprint density at radius 3 is 2.57 bits per heavy atom. The molecule has 1 fully saturated rings. The van der Waals surface area contributed by atoms with Gasteiger partial charge in [-0.25, -0.2) is 0 Å². The second-order valence-corrected chi connectivity index (χ2v) is 7.70. The molecule has 1 aliphatic carbocycles. The summed E-state index contributed by atoms with van der Waals surface area (Å²) in [5.41, 5.74) is 2.59. The number of rotatable bonds is 0. The Bertz CT molecular complexity index is 529. The molecule has 1 aromatic rings. The third-order valence-electron chi connectivity index (χ3n) is 5.05. The quantitative estimate of drug-likeness (QED) is 0.705. The van der Waals surface area contributed by atoms with E-state index in [0.717, 1.165) is 6.42 Å². The number of carbonyl (C=O) groups excluding carboxylic acids is 1. The van der Waals surface area contributed by atoms with Gasteiger partial charge in [0.15, 0.2) is 0 Å². The molecule has 0 aromatic heterocycles. The highest BCUT2D eigenvalue weighted by Crippen LogP contribution is 2.41. The second-order valence-electron chi connectivity index (χ2n) is 7.70. The number of para-hydroxylation sites is 1. The minimum absolute atomic E-state index is 0.0940. The van der Waals surface area contributed by atoms with Crippen LogP contribution in [0.5, 0.6) is 0 Å². The first-order chi connectivity index (χ1) is 9.97. The van der Waals surface area contributed by atoms with E-state index in [4.69, 9.17) is 0 Å². The number of fused-ring (bicyclic) bond motifs is 2. The van der Waals surface area contributed by atoms with Gasteiger partial charge < -0.3 is 4.90 Å². The van der Waals surface area contributed by atoms with Crippen molar-refractivity contribution in [3.05, 3.63) is 29.8 Å². The maximum absolute atomic E-state index is 12.4. The molecule has 1 heterocycles. The van der Waals surface area contributed by atoms with Crippen LogP contribution in [0.2, 0.25) is 0 Å². The van der Waals surface area contributed by atoms with Gasteiger partial charge in [-0.15, -0.1) is 0 Å². The molecule has 21 heavy (non-hydrogen) atoms. The highest BCUT2D eigenvalue weighted by Gasteiger charge is 2.38. The van der Waals surface area contributed by atoms with Gasteiger partial charge in [0.25, 0.3) is 0 Å². The molecule has 0 amide bonds. The molecule has 3 rings (SSSR count). The summed E-state index contributed by atoms with van der Waals surface area (Å²) in [5.74, 6) is 0.965. The van der Waals surface area contributed by atoms with Crippen LogP contribution in [0, 0.1) is 5.92 Å². The molecule has 0 spiro atoms. The van der Waals surface area contributed by atoms with E-state index in [1.807, 2.05) is 0 Å². The number of Topliss-reactive ketones (excluding diaryl/α,β-unsaturated/α-hetero) is 1. The van der Waals surface area contributed by atoms with Crippen molar-refractivity contribution in [2.24, 2.45) is 5.92 Å². The molecule has 0 N–H and O–H groups in total. The average molecular weight is 285 g/mol. The molecule has 2 nitrogen and oxygen atoms in total. The lowest BCUT2D eigenvalue weighted by Gasteiger charge is -2.50. The first kappa shape index (κ1) is 14.6. The number of ketones is 1. The summed E-state index contributed by atoms with van der Waals surface area (Å²) in [7, 11) is 0. The van der Waals surface area contributed by atoms with Gasteiger partial charge in [0.05, 0.1) is 0 Å². The Hall–Kier alpha value is -1.31. The molecule has 1 aliphatic heterocycles. The molecule has 2 unspecified atom stereocenters. The lowest BCUT2D eigenvalue weighted by Crippen LogP contribution is -2.54. The van der Waals surface area contributed by atoms with Crippen LogP contribution in [0.15, 0.2) is 24.3 Å². The van der Waals surface area contributed by atoms with E-state index in [-0.39, 0.29) is 5.54 Å². The first-order valence-electron chi connectivity index (χ1n) is 8.36. The van der Waals surface area contributed by atoms with Crippen molar-refractivity contribution in [3.8, 4) is 0 Å². The predicted molar refractivity (Wildman–Crippen MR) is 87.7 cm³/mol. The monoisotopic (exact) mass is 285 g/mol. The zero-order valence-electron chi connectivity index (χ0n) is 13.6. The standard InChI is InChI=1S/C19H27NO/c1-19(2,3)20-17-10-6-4-8-14(17)12-16(21)13-15-9-5-7-11-18(15)20/h4,6,8,10,15,18H,5,7,9,11-13H2,1-3H3. The predicted octanol–water partition coefficient (Wildman–Crippen LogP) is 4.37. The van der Waals surface area contributed by atoms with Gasteiger partial charge >= 0.3 is 0 Å². The minimum atomic E-state index is 0.0940. The topological polar surface area (TPSA) is 20.3 Å². The third-order valence-corrected chi connectivity index (χ3v) is 5.05. The summed E-state index contributed by atoms with van der Waals surface area (Å²) in [4.78, 5) is 15.0. The Balaban J connectivity index is 2.11. The number of anilines is 1. The number of benzene rings is 1. The summed E-state index contributed by atoms with van der Waals surface area (Å²) in [6.45, 7) is 6.91. The summed E-state index contributed by atoms with van der Waals surface area (Å²) in [5, 5.41) is 0. The maximum atomic E-state index is 12.4. The van der Waals surface area contributed by atoms with Crippen LogP contribution >= 0.6 is 0 Å². The lowest BCUT2D eigenvalue weighted by atomic mass is 9.76. The van der Waals surface area contributed by atoms with Crippen molar-refractivity contribution >= 4 is 11.5 Å². The van der Waals surface area contributed by atoms with Crippen LogP contribution < -0.4 is 4.90 Å². The smallest absolute Gasteiger partial charge is 0.137 e. The zero-order chi connectivity index (χ0) is 15.0. The Morgan fingerprint density at radius 2 is 1.81 bits per heavy atom. The number of carbonyl (C=O) groups is 1. The van der Waals surface area contributed by atoms with Gasteiger partial charge in [-0.2, -0.15) is 0 Å². The highest BCUT2D eigenvalue weighted by molar-refractivity contribution is 5.84. The van der Waals surface area contributed by atoms with E-state index < -0.39 is 0 Å². The fourth-order valence-corrected chi connectivity index (χ4v) is 4.28. The van der Waals surface area contributed by atoms with Gasteiger partial charge in [-0.3, -0.25) is 4.79 Å². The minimum Gasteiger partial charge on any atom is -0.363 e. The van der Waals surface area contributed by atoms with Crippen molar-refractivity contribution in [1.29, 1.82) is 0 Å². The maximum Gasteiger partial charge on any atom is 0.137 e. The molecule has 2 aliphatic rings. The molecule has 114 valence electrons. The van der Waals surface area contributed by atoms with E-state index in [1.54, 1.807) is 0 Å². The molecule has 2 atom stereocenters. The van der Waals surface area contributed by atoms with E-state index in [9.17, 15) is 4.79 Å². The largest absolute Gasteiger partial charge is 0.363 e. The molecule has 0 saturated heterocycles. The lowest BCUT2D eigenvalue weighted by molar-refractivity contribution is -0.119. The number of nitrogens with zero attached hydrogens (tertiary/aromatic N) is 1. The van der Waals surface area contributed by atoms with Crippen LogP contribution in [0.25, 0.3) is 0 Å². The van der Waals surface area contributed by atoms with Gasteiger partial charge in [-0.05, 0) is 51.2 Å². The normalized spacial score (nSPS) is 26.6. The molecular formula is C19H27NO. The van der Waals surface area contributed by atoms with Crippen LogP contribution in [0.1, 0.15) is 58.4 Å². The molecule has 1 aromatic carbocycles. The first-order valence-corrected chi connectivity index (χ1v) is 8.36. The number of hydrogen-bond acceptors (Lipinski definition) is 2. The molecule has 0 radical (unpaired) electrons. The van der Waals surface area contributed by atoms with Gasteiger partial charge in [0, 0.05) is 30.1 Å². The zero-order valence-corrected chi connectivity index (χ0v) is 13.6. The highest BCUT2D eigenvalue weighted by atomic mass is 16.1. The van der Waals surface area contributed by atoms with Crippen LogP contribution in [0.3, 0.4) is 0 Å². The summed E-state index contributed by atoms with van der Waals surface area (Å²) in [6.07, 6.45) is 6.39. The molecule has 1 saturated carbocycles. The van der Waals surface area contributed by atoms with Crippen LogP contribution in [0.4, 0.5) is 5.69 Å². The SMILES string of the molecule is CC(C)(C)N1c2ccccc2CC(=O)CC2CCCCC21. The molecular weight excluding hydrogens is 258 g/mol. The molecule has 2 heteroatoms. The molecule has 0 bridgehead atoms. The fraction of sp³-hybridized carbons (Fsp3) is 0.632. The van der Waals surface area contributed by atoms with Crippen LogP contribution in [-0.2, 0) is 11.2 Å². The van der Waals surface area contributed by atoms with Gasteiger partial charge in [-0.1, -0.05) is 31.0 Å². The van der Waals surface area contributed by atoms with Crippen molar-refractivity contribution in [2.75, 3.05) is 4.90 Å². The van der Waals surface area contributed by atoms with E-state index in [1.165, 1.54) is 36.9 Å². The average Bonchev–Trinajstić information content (AvgIpc) is 2.39. The van der Waals surface area contributed by atoms with E-state index in [0.29, 0.717) is 24.2 Å². The fourth-order valence-electron chi connectivity index (χ4n) is 4.28. The van der Waals surface area contributed by atoms with Gasteiger partial charge in [0.2, 0.25) is 0 Å². The summed E-state index contributed by atoms with van der Waals surface area (Å²) >= 11 is 0. The number of hydrogen-bond donors (Lipinski definition) is 0. The van der Waals surface area contributed by atoms with Crippen LogP contribution in [-0.4, -0.2) is 17.4 Å². The van der Waals surface area contributed by atoms with Crippen molar-refractivity contribution in [1.82, 2.24) is 0 Å². The Morgan fingerprint density at radius 1 is 1.10 bits per heavy atom. The Labute approximate surface area is 128 Å². The van der Waals surface area contributed by atoms with Gasteiger partial charge in [0.1, 0.15) is 5.78 Å². The van der Waals surface area contributed by atoms with E-state index >= 15 is 0 Å².